The number of rotatable bonds is 7. The molecule has 0 atom stereocenters. The number of carbonyl (C=O) groups is 1. The summed E-state index contributed by atoms with van der Waals surface area (Å²) in [5.41, 5.74) is 1.07. The standard InChI is InChI=1S/C22H26ClN5O2S2/c1-3-10-28-20(30)18-19(25-21(32-18)27-11-8-14(2)9-12-27)26-22(28)31-13-17(29)24-16-6-4-15(23)5-7-16/h4-7,14H,3,8-13H2,1-2H3,(H,24,29). The Labute approximate surface area is 200 Å². The predicted molar refractivity (Wildman–Crippen MR) is 133 cm³/mol. The molecular weight excluding hydrogens is 466 g/mol. The molecule has 1 aliphatic heterocycles. The number of anilines is 2. The van der Waals surface area contributed by atoms with Gasteiger partial charge < -0.3 is 10.2 Å². The number of thioether (sulfide) groups is 1. The lowest BCUT2D eigenvalue weighted by Crippen LogP contribution is -2.32. The number of thiazole rings is 1. The highest BCUT2D eigenvalue weighted by Crippen LogP contribution is 2.30. The molecule has 170 valence electrons. The van der Waals surface area contributed by atoms with E-state index in [0.717, 1.165) is 43.4 Å². The zero-order chi connectivity index (χ0) is 22.7. The summed E-state index contributed by atoms with van der Waals surface area (Å²) >= 11 is 8.57. The Morgan fingerprint density at radius 2 is 1.97 bits per heavy atom. The van der Waals surface area contributed by atoms with Crippen LogP contribution in [0.5, 0.6) is 0 Å². The molecule has 0 spiro atoms. The summed E-state index contributed by atoms with van der Waals surface area (Å²) in [4.78, 5) is 37.2. The first-order valence-electron chi connectivity index (χ1n) is 10.8. The monoisotopic (exact) mass is 491 g/mol. The molecule has 0 unspecified atom stereocenters. The number of hydrogen-bond acceptors (Lipinski definition) is 7. The fourth-order valence-electron chi connectivity index (χ4n) is 3.60. The molecule has 0 radical (unpaired) electrons. The average molecular weight is 492 g/mol. The Kier molecular flexibility index (Phi) is 7.37. The molecule has 3 heterocycles. The molecular formula is C22H26ClN5O2S2. The summed E-state index contributed by atoms with van der Waals surface area (Å²) in [6, 6.07) is 6.95. The molecule has 0 aliphatic carbocycles. The minimum absolute atomic E-state index is 0.0772. The van der Waals surface area contributed by atoms with E-state index in [-0.39, 0.29) is 17.2 Å². The molecule has 3 aromatic rings. The van der Waals surface area contributed by atoms with Crippen LogP contribution < -0.4 is 15.8 Å². The maximum Gasteiger partial charge on any atom is 0.273 e. The zero-order valence-corrected chi connectivity index (χ0v) is 20.5. The Hall–Kier alpha value is -2.10. The van der Waals surface area contributed by atoms with Crippen LogP contribution in [0, 0.1) is 5.92 Å². The second-order valence-corrected chi connectivity index (χ2v) is 10.4. The molecule has 0 saturated carbocycles. The topological polar surface area (TPSA) is 80.1 Å². The second-order valence-electron chi connectivity index (χ2n) is 8.01. The van der Waals surface area contributed by atoms with Gasteiger partial charge in [0.15, 0.2) is 15.9 Å². The highest BCUT2D eigenvalue weighted by atomic mass is 35.5. The van der Waals surface area contributed by atoms with Crippen molar-refractivity contribution >= 4 is 61.8 Å². The summed E-state index contributed by atoms with van der Waals surface area (Å²) < 4.78 is 2.25. The maximum absolute atomic E-state index is 13.2. The molecule has 0 bridgehead atoms. The number of halogens is 1. The third-order valence-corrected chi connectivity index (χ3v) is 7.75. The Balaban J connectivity index is 1.54. The van der Waals surface area contributed by atoms with Crippen molar-refractivity contribution in [3.8, 4) is 0 Å². The highest BCUT2D eigenvalue weighted by Gasteiger charge is 2.22. The van der Waals surface area contributed by atoms with Gasteiger partial charge in [-0.15, -0.1) is 0 Å². The Morgan fingerprint density at radius 1 is 1.25 bits per heavy atom. The molecule has 1 aliphatic rings. The van der Waals surface area contributed by atoms with Gasteiger partial charge in [-0.2, -0.15) is 4.98 Å². The SMILES string of the molecule is CCCn1c(SCC(=O)Nc2ccc(Cl)cc2)nc2nc(N3CCC(C)CC3)sc2c1=O. The van der Waals surface area contributed by atoms with Gasteiger partial charge in [-0.3, -0.25) is 14.2 Å². The van der Waals surface area contributed by atoms with Gasteiger partial charge in [-0.1, -0.05) is 48.5 Å². The van der Waals surface area contributed by atoms with Crippen LogP contribution in [-0.4, -0.2) is 39.3 Å². The Bertz CT molecular complexity index is 1150. The van der Waals surface area contributed by atoms with Crippen LogP contribution in [0.3, 0.4) is 0 Å². The number of benzene rings is 1. The summed E-state index contributed by atoms with van der Waals surface area (Å²) in [5.74, 6) is 0.698. The molecule has 1 amide bonds. The molecule has 7 nitrogen and oxygen atoms in total. The summed E-state index contributed by atoms with van der Waals surface area (Å²) in [6.45, 7) is 6.75. The molecule has 1 fully saturated rings. The molecule has 1 saturated heterocycles. The number of piperidine rings is 1. The van der Waals surface area contributed by atoms with Crippen molar-refractivity contribution in [2.45, 2.75) is 44.8 Å². The third-order valence-electron chi connectivity index (χ3n) is 5.43. The van der Waals surface area contributed by atoms with E-state index in [1.807, 2.05) is 6.92 Å². The van der Waals surface area contributed by atoms with Gasteiger partial charge in [0, 0.05) is 30.3 Å². The van der Waals surface area contributed by atoms with E-state index in [0.29, 0.717) is 32.8 Å². The van der Waals surface area contributed by atoms with Crippen molar-refractivity contribution in [2.75, 3.05) is 29.1 Å². The van der Waals surface area contributed by atoms with Crippen LogP contribution >= 0.6 is 34.7 Å². The van der Waals surface area contributed by atoms with Gasteiger partial charge in [-0.05, 0) is 49.4 Å². The number of hydrogen-bond donors (Lipinski definition) is 1. The predicted octanol–water partition coefficient (Wildman–Crippen LogP) is 4.88. The molecule has 10 heteroatoms. The first-order valence-corrected chi connectivity index (χ1v) is 13.0. The highest BCUT2D eigenvalue weighted by molar-refractivity contribution is 7.99. The number of carbonyl (C=O) groups excluding carboxylic acids is 1. The molecule has 1 N–H and O–H groups in total. The van der Waals surface area contributed by atoms with Gasteiger partial charge >= 0.3 is 0 Å². The summed E-state index contributed by atoms with van der Waals surface area (Å²) in [5, 5.41) is 4.84. The average Bonchev–Trinajstić information content (AvgIpc) is 3.21. The van der Waals surface area contributed by atoms with E-state index >= 15 is 0 Å². The van der Waals surface area contributed by atoms with Crippen molar-refractivity contribution < 1.29 is 4.79 Å². The normalized spacial score (nSPS) is 14.8. The van der Waals surface area contributed by atoms with E-state index in [9.17, 15) is 9.59 Å². The van der Waals surface area contributed by atoms with Crippen LogP contribution in [0.2, 0.25) is 5.02 Å². The van der Waals surface area contributed by atoms with Crippen LogP contribution in [-0.2, 0) is 11.3 Å². The summed E-state index contributed by atoms with van der Waals surface area (Å²) in [7, 11) is 0. The van der Waals surface area contributed by atoms with Gasteiger partial charge in [0.05, 0.1) is 5.75 Å². The van der Waals surface area contributed by atoms with Gasteiger partial charge in [0.1, 0.15) is 4.70 Å². The fourth-order valence-corrected chi connectivity index (χ4v) is 5.55. The van der Waals surface area contributed by atoms with Crippen molar-refractivity contribution in [3.63, 3.8) is 0 Å². The Morgan fingerprint density at radius 3 is 2.66 bits per heavy atom. The van der Waals surface area contributed by atoms with E-state index in [1.54, 1.807) is 28.8 Å². The lowest BCUT2D eigenvalue weighted by atomic mass is 10.00. The van der Waals surface area contributed by atoms with Crippen LogP contribution in [0.1, 0.15) is 33.1 Å². The van der Waals surface area contributed by atoms with Crippen molar-refractivity contribution in [2.24, 2.45) is 5.92 Å². The molecule has 2 aromatic heterocycles. The maximum atomic E-state index is 13.2. The number of amides is 1. The molecule has 32 heavy (non-hydrogen) atoms. The van der Waals surface area contributed by atoms with E-state index in [1.165, 1.54) is 23.1 Å². The number of nitrogens with zero attached hydrogens (tertiary/aromatic N) is 4. The van der Waals surface area contributed by atoms with Crippen molar-refractivity contribution in [1.29, 1.82) is 0 Å². The van der Waals surface area contributed by atoms with Gasteiger partial charge in [0.2, 0.25) is 5.91 Å². The zero-order valence-electron chi connectivity index (χ0n) is 18.1. The van der Waals surface area contributed by atoms with Crippen molar-refractivity contribution in [1.82, 2.24) is 14.5 Å². The number of fused-ring (bicyclic) bond motifs is 1. The first kappa shape index (κ1) is 23.1. The third kappa shape index (κ3) is 5.27. The van der Waals surface area contributed by atoms with Gasteiger partial charge in [0.25, 0.3) is 5.56 Å². The minimum Gasteiger partial charge on any atom is -0.348 e. The van der Waals surface area contributed by atoms with Crippen molar-refractivity contribution in [3.05, 3.63) is 39.6 Å². The van der Waals surface area contributed by atoms with E-state index < -0.39 is 0 Å². The van der Waals surface area contributed by atoms with E-state index in [4.69, 9.17) is 11.6 Å². The lowest BCUT2D eigenvalue weighted by Gasteiger charge is -2.29. The van der Waals surface area contributed by atoms with Gasteiger partial charge in [-0.25, -0.2) is 4.98 Å². The second kappa shape index (κ2) is 10.2. The largest absolute Gasteiger partial charge is 0.348 e. The number of nitrogens with one attached hydrogen (secondary N) is 1. The summed E-state index contributed by atoms with van der Waals surface area (Å²) in [6.07, 6.45) is 3.06. The van der Waals surface area contributed by atoms with Crippen LogP contribution in [0.25, 0.3) is 10.3 Å². The van der Waals surface area contributed by atoms with E-state index in [2.05, 4.69) is 27.1 Å². The lowest BCUT2D eigenvalue weighted by molar-refractivity contribution is -0.113. The smallest absolute Gasteiger partial charge is 0.273 e. The molecule has 1 aromatic carbocycles. The number of aromatic nitrogens is 3. The fraction of sp³-hybridized carbons (Fsp3) is 0.455. The van der Waals surface area contributed by atoms with Crippen LogP contribution in [0.15, 0.2) is 34.2 Å². The first-order chi connectivity index (χ1) is 15.4. The quantitative estimate of drug-likeness (QED) is 0.374. The van der Waals surface area contributed by atoms with Crippen LogP contribution in [0.4, 0.5) is 10.8 Å². The minimum atomic E-state index is -0.170. The molecule has 4 rings (SSSR count).